The number of rotatable bonds is 4. The Morgan fingerprint density at radius 2 is 2.24 bits per heavy atom. The van der Waals surface area contributed by atoms with Crippen molar-refractivity contribution in [1.29, 1.82) is 5.26 Å². The van der Waals surface area contributed by atoms with Crippen molar-refractivity contribution >= 4 is 21.9 Å². The largest absolute Gasteiger partial charge is 0.239 e. The third kappa shape index (κ3) is 1.95. The van der Waals surface area contributed by atoms with Crippen molar-refractivity contribution in [3.63, 3.8) is 0 Å². The van der Waals surface area contributed by atoms with Crippen LogP contribution in [0.1, 0.15) is 49.8 Å². The molecular weight excluding hydrogens is 278 g/mol. The second-order valence-corrected chi connectivity index (χ2v) is 8.18. The van der Waals surface area contributed by atoms with Gasteiger partial charge in [-0.1, -0.05) is 18.9 Å². The van der Waals surface area contributed by atoms with E-state index in [9.17, 15) is 5.26 Å². The van der Waals surface area contributed by atoms with Crippen LogP contribution < -0.4 is 0 Å². The normalized spacial score (nSPS) is 21.1. The minimum Gasteiger partial charge on any atom is -0.239 e. The van der Waals surface area contributed by atoms with Gasteiger partial charge in [0.25, 0.3) is 0 Å². The molecule has 0 aromatic carbocycles. The van der Waals surface area contributed by atoms with E-state index >= 15 is 0 Å². The number of nitrogens with zero attached hydrogens (tertiary/aromatic N) is 3. The lowest BCUT2D eigenvalue weighted by atomic mass is 10.00. The predicted octanol–water partition coefficient (Wildman–Crippen LogP) is 3.85. The third-order valence-electron chi connectivity index (χ3n) is 4.73. The highest BCUT2D eigenvalue weighted by Crippen LogP contribution is 2.49. The van der Waals surface area contributed by atoms with Gasteiger partial charge in [0.1, 0.15) is 0 Å². The first kappa shape index (κ1) is 13.1. The topological polar surface area (TPSA) is 41.1 Å². The Morgan fingerprint density at radius 1 is 1.48 bits per heavy atom. The Kier molecular flexibility index (Phi) is 2.77. The van der Waals surface area contributed by atoms with Gasteiger partial charge in [-0.2, -0.15) is 20.8 Å². The first-order chi connectivity index (χ1) is 10.2. The fourth-order valence-corrected chi connectivity index (χ4v) is 4.23. The molecule has 2 fully saturated rings. The van der Waals surface area contributed by atoms with E-state index in [1.165, 1.54) is 28.9 Å². The molecule has 4 heteroatoms. The van der Waals surface area contributed by atoms with Crippen molar-refractivity contribution in [3.05, 3.63) is 29.6 Å². The molecule has 0 radical (unpaired) electrons. The summed E-state index contributed by atoms with van der Waals surface area (Å²) in [7, 11) is 0.0118. The quantitative estimate of drug-likeness (QED) is 0.804. The Bertz CT molecular complexity index is 788. The monoisotopic (exact) mass is 297 g/mol. The van der Waals surface area contributed by atoms with Gasteiger partial charge >= 0.3 is 0 Å². The highest BCUT2D eigenvalue weighted by Gasteiger charge is 2.45. The summed E-state index contributed by atoms with van der Waals surface area (Å²) in [5, 5.41) is 14.2. The maximum absolute atomic E-state index is 9.38. The SMILES string of the molecule is C=S(CC)c1c(C2CC2)nn2cc(C3(C#N)CC3)ccc12. The van der Waals surface area contributed by atoms with Gasteiger partial charge in [-0.15, -0.1) is 0 Å². The first-order valence-electron chi connectivity index (χ1n) is 7.63. The van der Waals surface area contributed by atoms with Crippen LogP contribution in [0, 0.1) is 11.3 Å². The molecule has 0 spiro atoms. The van der Waals surface area contributed by atoms with Gasteiger partial charge in [-0.25, -0.2) is 4.52 Å². The van der Waals surface area contributed by atoms with Gasteiger partial charge in [0, 0.05) is 12.1 Å². The van der Waals surface area contributed by atoms with Crippen molar-refractivity contribution in [2.45, 2.75) is 48.8 Å². The van der Waals surface area contributed by atoms with E-state index in [2.05, 4.69) is 37.2 Å². The van der Waals surface area contributed by atoms with Crippen molar-refractivity contribution in [2.75, 3.05) is 5.75 Å². The van der Waals surface area contributed by atoms with Crippen LogP contribution in [0.3, 0.4) is 0 Å². The van der Waals surface area contributed by atoms with Crippen molar-refractivity contribution in [1.82, 2.24) is 9.61 Å². The molecule has 0 amide bonds. The highest BCUT2D eigenvalue weighted by atomic mass is 32.2. The van der Waals surface area contributed by atoms with Crippen LogP contribution in [0.25, 0.3) is 5.52 Å². The van der Waals surface area contributed by atoms with E-state index in [0.29, 0.717) is 5.92 Å². The molecule has 0 aliphatic heterocycles. The van der Waals surface area contributed by atoms with Crippen molar-refractivity contribution in [2.24, 2.45) is 0 Å². The molecule has 2 heterocycles. The Balaban J connectivity index is 1.90. The maximum atomic E-state index is 9.38. The highest BCUT2D eigenvalue weighted by molar-refractivity contribution is 8.14. The van der Waals surface area contributed by atoms with Crippen LogP contribution in [0.15, 0.2) is 23.2 Å². The molecule has 21 heavy (non-hydrogen) atoms. The molecule has 1 unspecified atom stereocenters. The third-order valence-corrected chi connectivity index (χ3v) is 6.42. The van der Waals surface area contributed by atoms with E-state index < -0.39 is 0 Å². The molecule has 0 bridgehead atoms. The van der Waals surface area contributed by atoms with Crippen LogP contribution in [0.4, 0.5) is 0 Å². The molecule has 4 rings (SSSR count). The van der Waals surface area contributed by atoms with E-state index in [0.717, 1.165) is 24.2 Å². The summed E-state index contributed by atoms with van der Waals surface area (Å²) >= 11 is 0. The number of pyridine rings is 1. The first-order valence-corrected chi connectivity index (χ1v) is 9.19. The van der Waals surface area contributed by atoms with Gasteiger partial charge in [0.15, 0.2) is 0 Å². The fraction of sp³-hybridized carbons (Fsp3) is 0.471. The molecule has 108 valence electrons. The molecule has 3 nitrogen and oxygen atoms in total. The zero-order valence-corrected chi connectivity index (χ0v) is 13.1. The number of aromatic nitrogens is 2. The van der Waals surface area contributed by atoms with Crippen LogP contribution in [0.5, 0.6) is 0 Å². The van der Waals surface area contributed by atoms with Gasteiger partial charge in [0.05, 0.1) is 27.6 Å². The summed E-state index contributed by atoms with van der Waals surface area (Å²) < 4.78 is 2.01. The lowest BCUT2D eigenvalue weighted by Gasteiger charge is -2.08. The maximum Gasteiger partial charge on any atom is 0.0838 e. The molecule has 2 aromatic heterocycles. The summed E-state index contributed by atoms with van der Waals surface area (Å²) in [4.78, 5) is 1.35. The smallest absolute Gasteiger partial charge is 0.0838 e. The fourth-order valence-electron chi connectivity index (χ4n) is 2.98. The summed E-state index contributed by atoms with van der Waals surface area (Å²) in [5.41, 5.74) is 3.33. The van der Waals surface area contributed by atoms with Crippen molar-refractivity contribution in [3.8, 4) is 6.07 Å². The van der Waals surface area contributed by atoms with Crippen LogP contribution >= 0.6 is 10.5 Å². The lowest BCUT2D eigenvalue weighted by Crippen LogP contribution is -2.04. The summed E-state index contributed by atoms with van der Waals surface area (Å²) in [6.45, 7) is 2.19. The van der Waals surface area contributed by atoms with Crippen LogP contribution in [0.2, 0.25) is 0 Å². The molecule has 2 aliphatic rings. The minimum atomic E-state index is -0.239. The van der Waals surface area contributed by atoms with Gasteiger partial charge < -0.3 is 0 Å². The predicted molar refractivity (Wildman–Crippen MR) is 87.2 cm³/mol. The average molecular weight is 297 g/mol. The number of nitriles is 1. The molecular formula is C17H19N3S. The second kappa shape index (κ2) is 4.45. The molecule has 2 aromatic rings. The van der Waals surface area contributed by atoms with E-state index in [1.807, 2.05) is 4.52 Å². The molecule has 0 N–H and O–H groups in total. The van der Waals surface area contributed by atoms with Gasteiger partial charge in [0.2, 0.25) is 0 Å². The second-order valence-electron chi connectivity index (χ2n) is 6.21. The zero-order valence-electron chi connectivity index (χ0n) is 12.3. The van der Waals surface area contributed by atoms with Gasteiger partial charge in [-0.3, -0.25) is 0 Å². The molecule has 1 atom stereocenters. The van der Waals surface area contributed by atoms with Gasteiger partial charge in [-0.05, 0) is 43.1 Å². The lowest BCUT2D eigenvalue weighted by molar-refractivity contribution is 0.841. The van der Waals surface area contributed by atoms with Crippen molar-refractivity contribution < 1.29 is 0 Å². The number of hydrogen-bond donors (Lipinski definition) is 0. The molecule has 2 saturated carbocycles. The van der Waals surface area contributed by atoms with Crippen LogP contribution in [-0.2, 0) is 5.41 Å². The van der Waals surface area contributed by atoms with E-state index in [-0.39, 0.29) is 15.9 Å². The molecule has 2 aliphatic carbocycles. The standard InChI is InChI=1S/C17H19N3S/c1-3-21(2)16-14-7-6-13(17(11-18)8-9-17)10-20(14)19-15(16)12-4-5-12/h6-7,10,12H,2-5,8-9H2,1H3. The zero-order chi connectivity index (χ0) is 14.6. The average Bonchev–Trinajstić information content (AvgIpc) is 3.42. The summed E-state index contributed by atoms with van der Waals surface area (Å²) in [6.07, 6.45) is 6.55. The summed E-state index contributed by atoms with van der Waals surface area (Å²) in [5.74, 6) is 6.04. The van der Waals surface area contributed by atoms with Crippen LogP contribution in [-0.4, -0.2) is 21.2 Å². The Hall–Kier alpha value is -1.60. The number of fused-ring (bicyclic) bond motifs is 1. The Morgan fingerprint density at radius 3 is 2.81 bits per heavy atom. The number of hydrogen-bond acceptors (Lipinski definition) is 2. The minimum absolute atomic E-state index is 0.0118. The Labute approximate surface area is 127 Å². The van der Waals surface area contributed by atoms with E-state index in [1.54, 1.807) is 0 Å². The summed E-state index contributed by atoms with van der Waals surface area (Å²) in [6, 6.07) is 6.75. The molecule has 0 saturated heterocycles. The van der Waals surface area contributed by atoms with E-state index in [4.69, 9.17) is 5.10 Å².